The van der Waals surface area contributed by atoms with Gasteiger partial charge in [0.15, 0.2) is 0 Å². The van der Waals surface area contributed by atoms with E-state index in [1.54, 1.807) is 13.2 Å². The summed E-state index contributed by atoms with van der Waals surface area (Å²) in [4.78, 5) is 12.7. The molecule has 2 aromatic carbocycles. The van der Waals surface area contributed by atoms with Crippen molar-refractivity contribution in [3.63, 3.8) is 0 Å². The minimum atomic E-state index is -3.70. The quantitative estimate of drug-likeness (QED) is 0.541. The molecule has 1 heterocycles. The van der Waals surface area contributed by atoms with Crippen LogP contribution in [0.2, 0.25) is 0 Å². The summed E-state index contributed by atoms with van der Waals surface area (Å²) in [7, 11) is -2.08. The Morgan fingerprint density at radius 3 is 2.64 bits per heavy atom. The SMILES string of the molecule is COc1cccc(CSCC(=O)Nc2cc(S(=O)(=O)N3CCOCC3)ccc2OC(C)C)c1. The molecular formula is C23H30N2O6S2. The monoisotopic (exact) mass is 494 g/mol. The fraction of sp³-hybridized carbons (Fsp3) is 0.435. The Morgan fingerprint density at radius 1 is 1.18 bits per heavy atom. The van der Waals surface area contributed by atoms with E-state index in [9.17, 15) is 13.2 Å². The van der Waals surface area contributed by atoms with Gasteiger partial charge < -0.3 is 19.5 Å². The summed E-state index contributed by atoms with van der Waals surface area (Å²) >= 11 is 1.46. The highest BCUT2D eigenvalue weighted by Gasteiger charge is 2.27. The van der Waals surface area contributed by atoms with Crippen LogP contribution in [0.4, 0.5) is 5.69 Å². The summed E-state index contributed by atoms with van der Waals surface area (Å²) in [5.41, 5.74) is 1.39. The second kappa shape index (κ2) is 11.7. The number of hydrogen-bond acceptors (Lipinski definition) is 7. The molecule has 3 rings (SSSR count). The van der Waals surface area contributed by atoms with Crippen molar-refractivity contribution in [3.8, 4) is 11.5 Å². The van der Waals surface area contributed by atoms with Crippen LogP contribution >= 0.6 is 11.8 Å². The van der Waals surface area contributed by atoms with Gasteiger partial charge >= 0.3 is 0 Å². The molecule has 0 unspecified atom stereocenters. The van der Waals surface area contributed by atoms with Gasteiger partial charge in [0, 0.05) is 18.8 Å². The molecule has 0 saturated carbocycles. The van der Waals surface area contributed by atoms with Crippen LogP contribution < -0.4 is 14.8 Å². The number of sulfonamides is 1. The number of hydrogen-bond donors (Lipinski definition) is 1. The van der Waals surface area contributed by atoms with Crippen LogP contribution in [0.3, 0.4) is 0 Å². The van der Waals surface area contributed by atoms with Crippen LogP contribution in [0.1, 0.15) is 19.4 Å². The van der Waals surface area contributed by atoms with Gasteiger partial charge in [0.1, 0.15) is 11.5 Å². The maximum absolute atomic E-state index is 13.0. The van der Waals surface area contributed by atoms with E-state index < -0.39 is 10.0 Å². The molecule has 1 N–H and O–H groups in total. The van der Waals surface area contributed by atoms with Gasteiger partial charge in [0.25, 0.3) is 0 Å². The van der Waals surface area contributed by atoms with Crippen molar-refractivity contribution >= 4 is 33.4 Å². The Bertz CT molecular complexity index is 1050. The Hall–Kier alpha value is -2.27. The standard InChI is InChI=1S/C23H30N2O6S2/c1-17(2)31-22-8-7-20(33(27,28)25-9-11-30-12-10-25)14-21(22)24-23(26)16-32-15-18-5-4-6-19(13-18)29-3/h4-8,13-14,17H,9-12,15-16H2,1-3H3,(H,24,26). The number of rotatable bonds is 10. The van der Waals surface area contributed by atoms with E-state index in [-0.39, 0.29) is 22.7 Å². The van der Waals surface area contributed by atoms with Gasteiger partial charge in [0.2, 0.25) is 15.9 Å². The number of ether oxygens (including phenoxy) is 3. The summed E-state index contributed by atoms with van der Waals surface area (Å²) in [5.74, 6) is 1.81. The molecule has 8 nitrogen and oxygen atoms in total. The average Bonchev–Trinajstić information content (AvgIpc) is 2.80. The molecule has 0 spiro atoms. The van der Waals surface area contributed by atoms with E-state index in [4.69, 9.17) is 14.2 Å². The molecule has 1 aliphatic rings. The van der Waals surface area contributed by atoms with Crippen molar-refractivity contribution in [1.29, 1.82) is 0 Å². The number of morpholine rings is 1. The number of carbonyl (C=O) groups excluding carboxylic acids is 1. The van der Waals surface area contributed by atoms with Crippen LogP contribution in [-0.2, 0) is 25.3 Å². The lowest BCUT2D eigenvalue weighted by Gasteiger charge is -2.26. The maximum atomic E-state index is 13.0. The summed E-state index contributed by atoms with van der Waals surface area (Å²) in [6, 6.07) is 12.2. The number of methoxy groups -OCH3 is 1. The first-order chi connectivity index (χ1) is 15.8. The first kappa shape index (κ1) is 25.4. The van der Waals surface area contributed by atoms with Crippen LogP contribution in [0.15, 0.2) is 47.4 Å². The predicted octanol–water partition coefficient (Wildman–Crippen LogP) is 3.38. The van der Waals surface area contributed by atoms with Crippen molar-refractivity contribution in [2.75, 3.05) is 44.5 Å². The number of carbonyl (C=O) groups is 1. The van der Waals surface area contributed by atoms with E-state index in [0.717, 1.165) is 11.3 Å². The second-order valence-corrected chi connectivity index (χ2v) is 10.7. The number of nitrogens with zero attached hydrogens (tertiary/aromatic N) is 1. The van der Waals surface area contributed by atoms with Crippen molar-refractivity contribution in [2.24, 2.45) is 0 Å². The molecule has 1 amide bonds. The largest absolute Gasteiger partial charge is 0.497 e. The van der Waals surface area contributed by atoms with E-state index in [1.165, 1.54) is 28.2 Å². The molecule has 10 heteroatoms. The Balaban J connectivity index is 1.70. The molecule has 180 valence electrons. The Kier molecular flexibility index (Phi) is 9.02. The normalized spacial score (nSPS) is 14.8. The zero-order valence-electron chi connectivity index (χ0n) is 19.1. The highest BCUT2D eigenvalue weighted by atomic mass is 32.2. The van der Waals surface area contributed by atoms with Gasteiger partial charge in [-0.15, -0.1) is 11.8 Å². The molecule has 0 radical (unpaired) electrons. The Labute approximate surface area is 199 Å². The van der Waals surface area contributed by atoms with Crippen LogP contribution in [0.25, 0.3) is 0 Å². The molecule has 1 aliphatic heterocycles. The summed E-state index contributed by atoms with van der Waals surface area (Å²) < 4.78 is 43.8. The maximum Gasteiger partial charge on any atom is 0.243 e. The molecule has 0 aromatic heterocycles. The molecule has 1 saturated heterocycles. The third kappa shape index (κ3) is 7.10. The highest BCUT2D eigenvalue weighted by molar-refractivity contribution is 7.99. The zero-order valence-corrected chi connectivity index (χ0v) is 20.7. The van der Waals surface area contributed by atoms with Crippen molar-refractivity contribution < 1.29 is 27.4 Å². The fourth-order valence-electron chi connectivity index (χ4n) is 3.27. The van der Waals surface area contributed by atoms with Crippen molar-refractivity contribution in [1.82, 2.24) is 4.31 Å². The minimum absolute atomic E-state index is 0.111. The van der Waals surface area contributed by atoms with Gasteiger partial charge in [-0.3, -0.25) is 4.79 Å². The molecule has 0 aliphatic carbocycles. The number of anilines is 1. The minimum Gasteiger partial charge on any atom is -0.497 e. The highest BCUT2D eigenvalue weighted by Crippen LogP contribution is 2.30. The van der Waals surface area contributed by atoms with Crippen LogP contribution in [0, 0.1) is 0 Å². The van der Waals surface area contributed by atoms with E-state index >= 15 is 0 Å². The number of amides is 1. The third-order valence-corrected chi connectivity index (χ3v) is 7.73. The van der Waals surface area contributed by atoms with Crippen molar-refractivity contribution in [3.05, 3.63) is 48.0 Å². The second-order valence-electron chi connectivity index (χ2n) is 7.73. The summed E-state index contributed by atoms with van der Waals surface area (Å²) in [6.07, 6.45) is -0.134. The van der Waals surface area contributed by atoms with Gasteiger partial charge in [0.05, 0.1) is 42.8 Å². The van der Waals surface area contributed by atoms with Gasteiger partial charge in [-0.2, -0.15) is 4.31 Å². The number of benzene rings is 2. The smallest absolute Gasteiger partial charge is 0.243 e. The summed E-state index contributed by atoms with van der Waals surface area (Å²) in [5, 5.41) is 2.82. The van der Waals surface area contributed by atoms with Gasteiger partial charge in [-0.25, -0.2) is 8.42 Å². The lowest BCUT2D eigenvalue weighted by atomic mass is 10.2. The lowest BCUT2D eigenvalue weighted by molar-refractivity contribution is -0.113. The first-order valence-corrected chi connectivity index (χ1v) is 13.3. The van der Waals surface area contributed by atoms with E-state index in [2.05, 4.69) is 5.32 Å². The van der Waals surface area contributed by atoms with Crippen LogP contribution in [-0.4, -0.2) is 63.9 Å². The van der Waals surface area contributed by atoms with Crippen molar-refractivity contribution in [2.45, 2.75) is 30.6 Å². The van der Waals surface area contributed by atoms with Gasteiger partial charge in [-0.05, 0) is 49.7 Å². The molecule has 0 atom stereocenters. The lowest BCUT2D eigenvalue weighted by Crippen LogP contribution is -2.40. The first-order valence-electron chi connectivity index (χ1n) is 10.7. The predicted molar refractivity (Wildman–Crippen MR) is 130 cm³/mol. The summed E-state index contributed by atoms with van der Waals surface area (Å²) in [6.45, 7) is 5.07. The molecule has 33 heavy (non-hydrogen) atoms. The molecule has 2 aromatic rings. The molecular weight excluding hydrogens is 464 g/mol. The Morgan fingerprint density at radius 2 is 1.94 bits per heavy atom. The van der Waals surface area contributed by atoms with Crippen LogP contribution in [0.5, 0.6) is 11.5 Å². The number of thioether (sulfide) groups is 1. The topological polar surface area (TPSA) is 94.2 Å². The van der Waals surface area contributed by atoms with E-state index in [0.29, 0.717) is 43.5 Å². The van der Waals surface area contributed by atoms with E-state index in [1.807, 2.05) is 38.1 Å². The zero-order chi connectivity index (χ0) is 23.8. The average molecular weight is 495 g/mol. The molecule has 0 bridgehead atoms. The fourth-order valence-corrected chi connectivity index (χ4v) is 5.48. The third-order valence-electron chi connectivity index (χ3n) is 4.83. The number of nitrogens with one attached hydrogen (secondary N) is 1. The molecule has 1 fully saturated rings. The van der Waals surface area contributed by atoms with Gasteiger partial charge in [-0.1, -0.05) is 12.1 Å².